The maximum atomic E-state index is 12.1. The number of rotatable bonds is 4. The molecular weight excluding hydrogens is 310 g/mol. The van der Waals surface area contributed by atoms with Gasteiger partial charge in [0.15, 0.2) is 0 Å². The fourth-order valence-corrected chi connectivity index (χ4v) is 2.46. The molecule has 0 aromatic carbocycles. The van der Waals surface area contributed by atoms with Gasteiger partial charge in [-0.1, -0.05) is 0 Å². The second-order valence-electron chi connectivity index (χ2n) is 5.65. The molecule has 0 atom stereocenters. The summed E-state index contributed by atoms with van der Waals surface area (Å²) in [5.41, 5.74) is -0.277. The SMILES string of the molecule is CN1CCN(c2cc(NC(=O)Cn3cnccc3=O)ncn2)CC1. The Morgan fingerprint density at radius 3 is 2.79 bits per heavy atom. The summed E-state index contributed by atoms with van der Waals surface area (Å²) in [5.74, 6) is 0.862. The van der Waals surface area contributed by atoms with Gasteiger partial charge in [0.1, 0.15) is 24.5 Å². The van der Waals surface area contributed by atoms with Crippen molar-refractivity contribution in [3.8, 4) is 0 Å². The van der Waals surface area contributed by atoms with E-state index in [1.807, 2.05) is 0 Å². The van der Waals surface area contributed by atoms with Crippen LogP contribution in [0.4, 0.5) is 11.6 Å². The molecule has 1 N–H and O–H groups in total. The lowest BCUT2D eigenvalue weighted by Gasteiger charge is -2.33. The van der Waals surface area contributed by atoms with Gasteiger partial charge in [0, 0.05) is 44.5 Å². The van der Waals surface area contributed by atoms with Crippen LogP contribution in [-0.2, 0) is 11.3 Å². The number of anilines is 2. The minimum Gasteiger partial charge on any atom is -0.354 e. The molecular formula is C15H19N7O2. The highest BCUT2D eigenvalue weighted by atomic mass is 16.2. The highest BCUT2D eigenvalue weighted by Crippen LogP contribution is 2.15. The van der Waals surface area contributed by atoms with E-state index in [1.54, 1.807) is 6.07 Å². The molecule has 0 radical (unpaired) electrons. The molecule has 126 valence electrons. The van der Waals surface area contributed by atoms with Gasteiger partial charge >= 0.3 is 0 Å². The standard InChI is InChI=1S/C15H19N7O2/c1-20-4-6-21(7-5-20)13-8-12(17-10-18-13)19-14(23)9-22-11-16-3-2-15(22)24/h2-3,8,10-11H,4-7,9H2,1H3,(H,17,18,19,23). The molecule has 1 amide bonds. The van der Waals surface area contributed by atoms with Crippen LogP contribution in [0.1, 0.15) is 0 Å². The summed E-state index contributed by atoms with van der Waals surface area (Å²) in [7, 11) is 2.09. The summed E-state index contributed by atoms with van der Waals surface area (Å²) >= 11 is 0. The molecule has 1 fully saturated rings. The number of hydrogen-bond acceptors (Lipinski definition) is 7. The maximum absolute atomic E-state index is 12.1. The average molecular weight is 329 g/mol. The molecule has 0 spiro atoms. The van der Waals surface area contributed by atoms with E-state index in [0.29, 0.717) is 5.82 Å². The van der Waals surface area contributed by atoms with Crippen molar-refractivity contribution >= 4 is 17.5 Å². The van der Waals surface area contributed by atoms with Gasteiger partial charge in [0.05, 0.1) is 6.33 Å². The van der Waals surface area contributed by atoms with Crippen LogP contribution in [0.5, 0.6) is 0 Å². The molecule has 2 aromatic heterocycles. The molecule has 9 heteroatoms. The predicted octanol–water partition coefficient (Wildman–Crippen LogP) is -0.576. The van der Waals surface area contributed by atoms with Crippen molar-refractivity contribution in [1.82, 2.24) is 24.4 Å². The third kappa shape index (κ3) is 3.93. The zero-order chi connectivity index (χ0) is 16.9. The lowest BCUT2D eigenvalue weighted by molar-refractivity contribution is -0.116. The first-order valence-corrected chi connectivity index (χ1v) is 7.67. The summed E-state index contributed by atoms with van der Waals surface area (Å²) < 4.78 is 1.23. The molecule has 1 aliphatic rings. The van der Waals surface area contributed by atoms with E-state index in [9.17, 15) is 9.59 Å². The van der Waals surface area contributed by atoms with Crippen LogP contribution in [0.2, 0.25) is 0 Å². The van der Waals surface area contributed by atoms with Gasteiger partial charge < -0.3 is 15.1 Å². The molecule has 0 unspecified atom stereocenters. The Hall–Kier alpha value is -2.81. The topological polar surface area (TPSA) is 96.2 Å². The van der Waals surface area contributed by atoms with E-state index in [4.69, 9.17) is 0 Å². The first kappa shape index (κ1) is 16.1. The first-order valence-electron chi connectivity index (χ1n) is 7.67. The van der Waals surface area contributed by atoms with Gasteiger partial charge in [0.2, 0.25) is 5.91 Å². The molecule has 0 saturated carbocycles. The highest BCUT2D eigenvalue weighted by Gasteiger charge is 2.16. The number of likely N-dealkylation sites (N-methyl/N-ethyl adjacent to an activating group) is 1. The molecule has 1 aliphatic heterocycles. The lowest BCUT2D eigenvalue weighted by atomic mass is 10.3. The van der Waals surface area contributed by atoms with Crippen LogP contribution in [-0.4, -0.2) is 63.6 Å². The van der Waals surface area contributed by atoms with E-state index in [1.165, 1.54) is 29.5 Å². The van der Waals surface area contributed by atoms with Crippen LogP contribution >= 0.6 is 0 Å². The number of aromatic nitrogens is 4. The lowest BCUT2D eigenvalue weighted by Crippen LogP contribution is -2.44. The van der Waals surface area contributed by atoms with E-state index in [2.05, 4.69) is 37.1 Å². The Morgan fingerprint density at radius 2 is 2.04 bits per heavy atom. The van der Waals surface area contributed by atoms with Crippen LogP contribution in [0.15, 0.2) is 35.8 Å². The van der Waals surface area contributed by atoms with Crippen molar-refractivity contribution in [3.05, 3.63) is 41.3 Å². The Kier molecular flexibility index (Phi) is 4.80. The molecule has 1 saturated heterocycles. The first-order chi connectivity index (χ1) is 11.6. The van der Waals surface area contributed by atoms with E-state index in [0.717, 1.165) is 32.0 Å². The molecule has 0 bridgehead atoms. The van der Waals surface area contributed by atoms with Crippen LogP contribution in [0, 0.1) is 0 Å². The van der Waals surface area contributed by atoms with Gasteiger partial charge in [-0.15, -0.1) is 0 Å². The van der Waals surface area contributed by atoms with Gasteiger partial charge in [0.25, 0.3) is 5.56 Å². The Labute approximate surface area is 139 Å². The summed E-state index contributed by atoms with van der Waals surface area (Å²) in [4.78, 5) is 40.3. The normalized spacial score (nSPS) is 15.3. The number of nitrogens with zero attached hydrogens (tertiary/aromatic N) is 6. The fourth-order valence-electron chi connectivity index (χ4n) is 2.46. The minimum atomic E-state index is -0.340. The van der Waals surface area contributed by atoms with Crippen molar-refractivity contribution in [3.63, 3.8) is 0 Å². The number of carbonyl (C=O) groups excluding carboxylic acids is 1. The van der Waals surface area contributed by atoms with Gasteiger partial charge in [-0.2, -0.15) is 0 Å². The second-order valence-corrected chi connectivity index (χ2v) is 5.65. The second kappa shape index (κ2) is 7.18. The number of amides is 1. The van der Waals surface area contributed by atoms with Crippen molar-refractivity contribution in [2.75, 3.05) is 43.4 Å². The summed E-state index contributed by atoms with van der Waals surface area (Å²) in [5, 5.41) is 2.69. The largest absolute Gasteiger partial charge is 0.354 e. The van der Waals surface area contributed by atoms with Crippen molar-refractivity contribution in [2.45, 2.75) is 6.54 Å². The highest BCUT2D eigenvalue weighted by molar-refractivity contribution is 5.89. The smallest absolute Gasteiger partial charge is 0.253 e. The zero-order valence-corrected chi connectivity index (χ0v) is 13.4. The van der Waals surface area contributed by atoms with Gasteiger partial charge in [-0.25, -0.2) is 15.0 Å². The molecule has 2 aromatic rings. The van der Waals surface area contributed by atoms with Crippen molar-refractivity contribution in [2.24, 2.45) is 0 Å². The van der Waals surface area contributed by atoms with E-state index >= 15 is 0 Å². The third-order valence-electron chi connectivity index (χ3n) is 3.85. The molecule has 3 heterocycles. The number of piperazine rings is 1. The fraction of sp³-hybridized carbons (Fsp3) is 0.400. The van der Waals surface area contributed by atoms with Crippen LogP contribution in [0.3, 0.4) is 0 Å². The molecule has 3 rings (SSSR count). The Bertz CT molecular complexity index is 768. The van der Waals surface area contributed by atoms with Gasteiger partial charge in [-0.05, 0) is 7.05 Å². The Morgan fingerprint density at radius 1 is 1.25 bits per heavy atom. The molecule has 9 nitrogen and oxygen atoms in total. The van der Waals surface area contributed by atoms with Crippen molar-refractivity contribution in [1.29, 1.82) is 0 Å². The summed E-state index contributed by atoms with van der Waals surface area (Å²) in [6.07, 6.45) is 4.15. The molecule has 0 aliphatic carbocycles. The average Bonchev–Trinajstić information content (AvgIpc) is 2.58. The number of carbonyl (C=O) groups is 1. The maximum Gasteiger partial charge on any atom is 0.253 e. The van der Waals surface area contributed by atoms with E-state index in [-0.39, 0.29) is 18.0 Å². The van der Waals surface area contributed by atoms with Crippen molar-refractivity contribution < 1.29 is 4.79 Å². The minimum absolute atomic E-state index is 0.111. The van der Waals surface area contributed by atoms with Crippen LogP contribution in [0.25, 0.3) is 0 Å². The quantitative estimate of drug-likeness (QED) is 0.802. The summed E-state index contributed by atoms with van der Waals surface area (Å²) in [6, 6.07) is 3.05. The number of hydrogen-bond donors (Lipinski definition) is 1. The van der Waals surface area contributed by atoms with E-state index < -0.39 is 0 Å². The molecule has 24 heavy (non-hydrogen) atoms. The monoisotopic (exact) mass is 329 g/mol. The van der Waals surface area contributed by atoms with Crippen LogP contribution < -0.4 is 15.8 Å². The van der Waals surface area contributed by atoms with Gasteiger partial charge in [-0.3, -0.25) is 14.2 Å². The zero-order valence-electron chi connectivity index (χ0n) is 13.4. The third-order valence-corrected chi connectivity index (χ3v) is 3.85. The predicted molar refractivity (Wildman–Crippen MR) is 88.9 cm³/mol. The number of nitrogens with one attached hydrogen (secondary N) is 1. The summed E-state index contributed by atoms with van der Waals surface area (Å²) in [6.45, 7) is 3.59. The Balaban J connectivity index is 1.65.